The molecule has 1 saturated heterocycles. The maximum absolute atomic E-state index is 4.49. The van der Waals surface area contributed by atoms with E-state index in [4.69, 9.17) is 0 Å². The fraction of sp³-hybridized carbons (Fsp3) is 0.500. The second-order valence-electron chi connectivity index (χ2n) is 6.60. The van der Waals surface area contributed by atoms with E-state index in [1.54, 1.807) is 0 Å². The summed E-state index contributed by atoms with van der Waals surface area (Å²) in [6.45, 7) is 11.5. The molecule has 0 radical (unpaired) electrons. The summed E-state index contributed by atoms with van der Waals surface area (Å²) in [6, 6.07) is 10.3. The highest BCUT2D eigenvalue weighted by Gasteiger charge is 2.17. The summed E-state index contributed by atoms with van der Waals surface area (Å²) < 4.78 is 1.96. The maximum Gasteiger partial charge on any atom is 0.0645 e. The molecule has 0 N–H and O–H groups in total. The normalized spacial score (nSPS) is 17.2. The number of nitrogens with zero attached hydrogens (tertiary/aromatic N) is 4. The summed E-state index contributed by atoms with van der Waals surface area (Å²) >= 11 is 0. The standard InChI is InChI=1S/C18H26N4/c1-16(2)13-20-8-10-21(11-9-20)14-17-12-19-22(15-17)18-6-4-3-5-7-18/h3-7,12,15-16H,8-11,13-14H2,1-2H3. The third-order valence-electron chi connectivity index (χ3n) is 4.15. The quantitative estimate of drug-likeness (QED) is 0.848. The Bertz CT molecular complexity index is 568. The van der Waals surface area contributed by atoms with Crippen LogP contribution in [-0.2, 0) is 6.54 Å². The van der Waals surface area contributed by atoms with E-state index >= 15 is 0 Å². The minimum Gasteiger partial charge on any atom is -0.301 e. The Morgan fingerprint density at radius 1 is 1.00 bits per heavy atom. The van der Waals surface area contributed by atoms with Crippen molar-refractivity contribution >= 4 is 0 Å². The molecular formula is C18H26N4. The van der Waals surface area contributed by atoms with Crippen LogP contribution < -0.4 is 0 Å². The van der Waals surface area contributed by atoms with E-state index in [2.05, 4.69) is 47.1 Å². The maximum atomic E-state index is 4.49. The molecule has 0 amide bonds. The Balaban J connectivity index is 1.54. The highest BCUT2D eigenvalue weighted by Crippen LogP contribution is 2.12. The third kappa shape index (κ3) is 3.96. The number of para-hydroxylation sites is 1. The molecule has 0 unspecified atom stereocenters. The first-order chi connectivity index (χ1) is 10.7. The van der Waals surface area contributed by atoms with Gasteiger partial charge in [0.25, 0.3) is 0 Å². The number of hydrogen-bond donors (Lipinski definition) is 0. The Kier molecular flexibility index (Phi) is 4.90. The molecule has 1 aromatic heterocycles. The van der Waals surface area contributed by atoms with E-state index in [-0.39, 0.29) is 0 Å². The lowest BCUT2D eigenvalue weighted by molar-refractivity contribution is 0.117. The molecule has 0 atom stereocenters. The van der Waals surface area contributed by atoms with E-state index < -0.39 is 0 Å². The van der Waals surface area contributed by atoms with Crippen molar-refractivity contribution in [1.29, 1.82) is 0 Å². The summed E-state index contributed by atoms with van der Waals surface area (Å²) in [5.41, 5.74) is 2.41. The smallest absolute Gasteiger partial charge is 0.0645 e. The molecule has 1 aliphatic heterocycles. The van der Waals surface area contributed by atoms with Crippen molar-refractivity contribution < 1.29 is 0 Å². The lowest BCUT2D eigenvalue weighted by atomic mass is 10.2. The molecule has 0 aliphatic carbocycles. The summed E-state index contributed by atoms with van der Waals surface area (Å²) in [5, 5.41) is 4.49. The molecule has 118 valence electrons. The molecular weight excluding hydrogens is 272 g/mol. The number of hydrogen-bond acceptors (Lipinski definition) is 3. The van der Waals surface area contributed by atoms with Crippen molar-refractivity contribution in [3.63, 3.8) is 0 Å². The monoisotopic (exact) mass is 298 g/mol. The molecule has 2 aromatic rings. The van der Waals surface area contributed by atoms with Crippen LogP contribution in [-0.4, -0.2) is 52.3 Å². The SMILES string of the molecule is CC(C)CN1CCN(Cc2cnn(-c3ccccc3)c2)CC1. The second-order valence-corrected chi connectivity index (χ2v) is 6.60. The summed E-state index contributed by atoms with van der Waals surface area (Å²) in [7, 11) is 0. The minimum atomic E-state index is 0.760. The van der Waals surface area contributed by atoms with Crippen LogP contribution in [0.15, 0.2) is 42.7 Å². The van der Waals surface area contributed by atoms with Crippen LogP contribution in [0.25, 0.3) is 5.69 Å². The number of rotatable bonds is 5. The molecule has 1 aliphatic rings. The zero-order chi connectivity index (χ0) is 15.4. The van der Waals surface area contributed by atoms with Crippen LogP contribution >= 0.6 is 0 Å². The Hall–Kier alpha value is -1.65. The number of piperazine rings is 1. The van der Waals surface area contributed by atoms with E-state index in [0.29, 0.717) is 0 Å². The fourth-order valence-corrected chi connectivity index (χ4v) is 3.07. The number of aromatic nitrogens is 2. The van der Waals surface area contributed by atoms with Gasteiger partial charge in [-0.2, -0.15) is 5.10 Å². The third-order valence-corrected chi connectivity index (χ3v) is 4.15. The topological polar surface area (TPSA) is 24.3 Å². The second kappa shape index (κ2) is 7.07. The van der Waals surface area contributed by atoms with E-state index in [9.17, 15) is 0 Å². The van der Waals surface area contributed by atoms with E-state index in [1.165, 1.54) is 25.2 Å². The van der Waals surface area contributed by atoms with Crippen molar-refractivity contribution in [1.82, 2.24) is 19.6 Å². The first kappa shape index (κ1) is 15.3. The Morgan fingerprint density at radius 2 is 1.68 bits per heavy atom. The average Bonchev–Trinajstić information content (AvgIpc) is 2.98. The van der Waals surface area contributed by atoms with Crippen molar-refractivity contribution in [2.24, 2.45) is 5.92 Å². The van der Waals surface area contributed by atoms with Crippen LogP contribution in [0.1, 0.15) is 19.4 Å². The lowest BCUT2D eigenvalue weighted by Gasteiger charge is -2.35. The van der Waals surface area contributed by atoms with Gasteiger partial charge in [0.05, 0.1) is 11.9 Å². The van der Waals surface area contributed by atoms with Crippen LogP contribution in [0.2, 0.25) is 0 Å². The summed E-state index contributed by atoms with van der Waals surface area (Å²) in [6.07, 6.45) is 4.14. The Labute approximate surface area is 133 Å². The van der Waals surface area contributed by atoms with Gasteiger partial charge in [-0.1, -0.05) is 32.0 Å². The molecule has 3 rings (SSSR count). The molecule has 1 fully saturated rings. The highest BCUT2D eigenvalue weighted by molar-refractivity contribution is 5.30. The molecule has 4 heteroatoms. The van der Waals surface area contributed by atoms with Crippen molar-refractivity contribution in [2.45, 2.75) is 20.4 Å². The van der Waals surface area contributed by atoms with Crippen LogP contribution in [0.5, 0.6) is 0 Å². The van der Waals surface area contributed by atoms with Crippen LogP contribution in [0, 0.1) is 5.92 Å². The average molecular weight is 298 g/mol. The van der Waals surface area contributed by atoms with E-state index in [1.807, 2.05) is 29.1 Å². The van der Waals surface area contributed by atoms with Crippen molar-refractivity contribution in [3.05, 3.63) is 48.3 Å². The first-order valence-electron chi connectivity index (χ1n) is 8.24. The molecule has 0 saturated carbocycles. The molecule has 4 nitrogen and oxygen atoms in total. The predicted molar refractivity (Wildman–Crippen MR) is 90.1 cm³/mol. The molecule has 0 bridgehead atoms. The molecule has 0 spiro atoms. The van der Waals surface area contributed by atoms with Crippen LogP contribution in [0.4, 0.5) is 0 Å². The van der Waals surface area contributed by atoms with Gasteiger partial charge in [-0.05, 0) is 18.1 Å². The van der Waals surface area contributed by atoms with Gasteiger partial charge in [-0.15, -0.1) is 0 Å². The largest absolute Gasteiger partial charge is 0.301 e. The van der Waals surface area contributed by atoms with E-state index in [0.717, 1.165) is 31.2 Å². The number of benzene rings is 1. The lowest BCUT2D eigenvalue weighted by Crippen LogP contribution is -2.46. The molecule has 2 heterocycles. The van der Waals surface area contributed by atoms with Gasteiger partial charge in [0, 0.05) is 51.0 Å². The Morgan fingerprint density at radius 3 is 2.36 bits per heavy atom. The van der Waals surface area contributed by atoms with Gasteiger partial charge in [0.2, 0.25) is 0 Å². The first-order valence-corrected chi connectivity index (χ1v) is 8.24. The van der Waals surface area contributed by atoms with Crippen molar-refractivity contribution in [3.8, 4) is 5.69 Å². The van der Waals surface area contributed by atoms with Gasteiger partial charge in [-0.3, -0.25) is 4.90 Å². The van der Waals surface area contributed by atoms with Gasteiger partial charge in [0.1, 0.15) is 0 Å². The van der Waals surface area contributed by atoms with Crippen LogP contribution in [0.3, 0.4) is 0 Å². The van der Waals surface area contributed by atoms with Gasteiger partial charge >= 0.3 is 0 Å². The predicted octanol–water partition coefficient (Wildman–Crippen LogP) is 2.65. The molecule has 22 heavy (non-hydrogen) atoms. The summed E-state index contributed by atoms with van der Waals surface area (Å²) in [5.74, 6) is 0.760. The fourth-order valence-electron chi connectivity index (χ4n) is 3.07. The van der Waals surface area contributed by atoms with Gasteiger partial charge < -0.3 is 4.90 Å². The zero-order valence-electron chi connectivity index (χ0n) is 13.7. The highest BCUT2D eigenvalue weighted by atomic mass is 15.3. The van der Waals surface area contributed by atoms with Gasteiger partial charge in [-0.25, -0.2) is 4.68 Å². The zero-order valence-corrected chi connectivity index (χ0v) is 13.7. The summed E-state index contributed by atoms with van der Waals surface area (Å²) in [4.78, 5) is 5.11. The minimum absolute atomic E-state index is 0.760. The molecule has 1 aromatic carbocycles. The van der Waals surface area contributed by atoms with Gasteiger partial charge in [0.15, 0.2) is 0 Å². The van der Waals surface area contributed by atoms with Crippen molar-refractivity contribution in [2.75, 3.05) is 32.7 Å².